The number of benzene rings is 2. The van der Waals surface area contributed by atoms with Crippen molar-refractivity contribution < 1.29 is 4.79 Å². The Balaban J connectivity index is 2.09. The highest BCUT2D eigenvalue weighted by Crippen LogP contribution is 2.46. The van der Waals surface area contributed by atoms with E-state index in [0.717, 1.165) is 11.1 Å². The Morgan fingerprint density at radius 3 is 1.52 bits per heavy atom. The van der Waals surface area contributed by atoms with Gasteiger partial charge in [-0.05, 0) is 11.1 Å². The number of carbonyl (C=O) groups is 1. The van der Waals surface area contributed by atoms with Gasteiger partial charge in [0, 0.05) is 11.8 Å². The third kappa shape index (κ3) is 2.65. The van der Waals surface area contributed by atoms with Crippen LogP contribution >= 0.6 is 0 Å². The van der Waals surface area contributed by atoms with Crippen LogP contribution in [0.15, 0.2) is 65.9 Å². The number of piperidine rings is 1. The highest BCUT2D eigenvalue weighted by atomic mass is 16.3. The van der Waals surface area contributed by atoms with Crippen LogP contribution in [0.5, 0.6) is 0 Å². The average Bonchev–Trinajstić information content (AvgIpc) is 2.61. The van der Waals surface area contributed by atoms with Gasteiger partial charge in [0.05, 0.1) is 17.4 Å². The first kappa shape index (κ1) is 15.4. The third-order valence-corrected chi connectivity index (χ3v) is 4.79. The molecule has 118 valence electrons. The third-order valence-electron chi connectivity index (χ3n) is 4.79. The topological polar surface area (TPSA) is 49.7 Å². The zero-order valence-electron chi connectivity index (χ0n) is 13.3. The van der Waals surface area contributed by atoms with Crippen molar-refractivity contribution in [3.63, 3.8) is 0 Å². The summed E-state index contributed by atoms with van der Waals surface area (Å²) in [5.41, 5.74) is 1.89. The zero-order chi connectivity index (χ0) is 16.4. The van der Waals surface area contributed by atoms with Gasteiger partial charge in [-0.25, -0.2) is 5.01 Å². The molecule has 0 aliphatic carbocycles. The van der Waals surface area contributed by atoms with Crippen LogP contribution in [0.25, 0.3) is 0 Å². The van der Waals surface area contributed by atoms with E-state index in [1.165, 1.54) is 0 Å². The van der Waals surface area contributed by atoms with Gasteiger partial charge in [0.2, 0.25) is 0 Å². The molecule has 23 heavy (non-hydrogen) atoms. The number of nitrogens with zero attached hydrogens (tertiary/aromatic N) is 2. The second-order valence-corrected chi connectivity index (χ2v) is 6.15. The quantitative estimate of drug-likeness (QED) is 0.794. The molecule has 4 heteroatoms. The lowest BCUT2D eigenvalue weighted by molar-refractivity contribution is -0.138. The number of hydrogen-bond acceptors (Lipinski definition) is 3. The fourth-order valence-corrected chi connectivity index (χ4v) is 3.64. The minimum absolute atomic E-state index is 0.174. The van der Waals surface area contributed by atoms with Gasteiger partial charge >= 0.3 is 0 Å². The molecule has 0 unspecified atom stereocenters. The molecule has 1 aliphatic heterocycles. The summed E-state index contributed by atoms with van der Waals surface area (Å²) in [6, 6.07) is 18.7. The zero-order valence-corrected chi connectivity index (χ0v) is 13.3. The Morgan fingerprint density at radius 2 is 1.17 bits per heavy atom. The number of nitroso groups, excluding NO2 is 1. The molecule has 1 aliphatic rings. The molecule has 2 aromatic rings. The SMILES string of the molecule is C[C@@H]1C(=O)[C@H](C)[C@@H](c2ccccc2)N(N=O)[C@H]1c1ccccc1. The minimum Gasteiger partial charge on any atom is -0.299 e. The highest BCUT2D eigenvalue weighted by molar-refractivity contribution is 5.85. The molecule has 1 saturated heterocycles. The van der Waals surface area contributed by atoms with E-state index in [9.17, 15) is 9.70 Å². The summed E-state index contributed by atoms with van der Waals surface area (Å²) in [6.45, 7) is 3.77. The molecule has 0 aromatic heterocycles. The summed E-state index contributed by atoms with van der Waals surface area (Å²) in [7, 11) is 0. The van der Waals surface area contributed by atoms with Gasteiger partial charge in [-0.2, -0.15) is 0 Å². The normalized spacial score (nSPS) is 27.7. The van der Waals surface area contributed by atoms with Crippen LogP contribution in [-0.4, -0.2) is 10.8 Å². The Kier molecular flexibility index (Phi) is 4.24. The van der Waals surface area contributed by atoms with Crippen LogP contribution in [0, 0.1) is 16.7 Å². The molecule has 0 bridgehead atoms. The van der Waals surface area contributed by atoms with Crippen LogP contribution < -0.4 is 0 Å². The van der Waals surface area contributed by atoms with Gasteiger partial charge in [-0.15, -0.1) is 4.91 Å². The minimum atomic E-state index is -0.331. The van der Waals surface area contributed by atoms with E-state index in [1.807, 2.05) is 74.5 Å². The van der Waals surface area contributed by atoms with Crippen LogP contribution in [0.3, 0.4) is 0 Å². The largest absolute Gasteiger partial charge is 0.299 e. The number of Topliss-reactive ketones (excluding diaryl/α,β-unsaturated/α-hetero) is 1. The Bertz CT molecular complexity index is 632. The van der Waals surface area contributed by atoms with Crippen molar-refractivity contribution in [3.8, 4) is 0 Å². The number of hydrogen-bond donors (Lipinski definition) is 0. The molecule has 4 atom stereocenters. The Morgan fingerprint density at radius 1 is 0.783 bits per heavy atom. The van der Waals surface area contributed by atoms with Gasteiger partial charge in [-0.1, -0.05) is 74.5 Å². The molecule has 0 N–H and O–H groups in total. The van der Waals surface area contributed by atoms with E-state index in [2.05, 4.69) is 5.29 Å². The lowest BCUT2D eigenvalue weighted by Crippen LogP contribution is -2.46. The molecule has 3 rings (SSSR count). The fourth-order valence-electron chi connectivity index (χ4n) is 3.64. The van der Waals surface area contributed by atoms with Gasteiger partial charge < -0.3 is 0 Å². The molecule has 0 amide bonds. The summed E-state index contributed by atoms with van der Waals surface area (Å²) < 4.78 is 0. The van der Waals surface area contributed by atoms with Gasteiger partial charge in [0.15, 0.2) is 0 Å². The molecule has 2 aromatic carbocycles. The first-order chi connectivity index (χ1) is 11.1. The van der Waals surface area contributed by atoms with Crippen LogP contribution in [0.4, 0.5) is 0 Å². The van der Waals surface area contributed by atoms with Crippen molar-refractivity contribution in [1.82, 2.24) is 5.01 Å². The van der Waals surface area contributed by atoms with Gasteiger partial charge in [0.1, 0.15) is 5.78 Å². The number of carbonyl (C=O) groups excluding carboxylic acids is 1. The Hall–Kier alpha value is -2.49. The van der Waals surface area contributed by atoms with Crippen molar-refractivity contribution in [2.45, 2.75) is 25.9 Å². The second kappa shape index (κ2) is 6.32. The van der Waals surface area contributed by atoms with Crippen molar-refractivity contribution in [2.24, 2.45) is 17.1 Å². The lowest BCUT2D eigenvalue weighted by atomic mass is 9.75. The standard InChI is InChI=1S/C19H20N2O2/c1-13-17(15-9-5-3-6-10-15)21(20-23)18(14(2)19(13)22)16-11-7-4-8-12-16/h3-14,17-18H,1-2H3/t13-,14+,17+,18-. The van der Waals surface area contributed by atoms with E-state index in [-0.39, 0.29) is 29.7 Å². The Labute approximate surface area is 136 Å². The first-order valence-corrected chi connectivity index (χ1v) is 7.90. The van der Waals surface area contributed by atoms with Crippen LogP contribution in [0.1, 0.15) is 37.1 Å². The molecule has 1 fully saturated rings. The van der Waals surface area contributed by atoms with Crippen LogP contribution in [-0.2, 0) is 4.79 Å². The van der Waals surface area contributed by atoms with Crippen molar-refractivity contribution in [3.05, 3.63) is 76.7 Å². The highest BCUT2D eigenvalue weighted by Gasteiger charge is 2.46. The average molecular weight is 308 g/mol. The van der Waals surface area contributed by atoms with Gasteiger partial charge in [-0.3, -0.25) is 4.79 Å². The summed E-state index contributed by atoms with van der Waals surface area (Å²) >= 11 is 0. The van der Waals surface area contributed by atoms with E-state index < -0.39 is 0 Å². The van der Waals surface area contributed by atoms with Crippen LogP contribution in [0.2, 0.25) is 0 Å². The van der Waals surface area contributed by atoms with Crippen molar-refractivity contribution >= 4 is 5.78 Å². The number of rotatable bonds is 3. The number of ketones is 1. The molecule has 1 heterocycles. The molecular weight excluding hydrogens is 288 g/mol. The maximum atomic E-state index is 12.8. The van der Waals surface area contributed by atoms with E-state index in [0.29, 0.717) is 0 Å². The summed E-state index contributed by atoms with van der Waals surface area (Å²) in [6.07, 6.45) is 0. The predicted octanol–water partition coefficient (Wildman–Crippen LogP) is 4.31. The van der Waals surface area contributed by atoms with E-state index in [4.69, 9.17) is 0 Å². The van der Waals surface area contributed by atoms with E-state index in [1.54, 1.807) is 5.01 Å². The van der Waals surface area contributed by atoms with Crippen molar-refractivity contribution in [1.29, 1.82) is 0 Å². The van der Waals surface area contributed by atoms with Crippen molar-refractivity contribution in [2.75, 3.05) is 0 Å². The smallest absolute Gasteiger partial charge is 0.143 e. The summed E-state index contributed by atoms with van der Waals surface area (Å²) in [4.78, 5) is 24.5. The second-order valence-electron chi connectivity index (χ2n) is 6.15. The first-order valence-electron chi connectivity index (χ1n) is 7.90. The maximum absolute atomic E-state index is 12.8. The fraction of sp³-hybridized carbons (Fsp3) is 0.316. The molecule has 0 spiro atoms. The molecular formula is C19H20N2O2. The summed E-state index contributed by atoms with van der Waals surface area (Å²) in [5, 5.41) is 4.90. The lowest BCUT2D eigenvalue weighted by Gasteiger charge is -2.44. The maximum Gasteiger partial charge on any atom is 0.143 e. The molecule has 0 radical (unpaired) electrons. The van der Waals surface area contributed by atoms with E-state index >= 15 is 0 Å². The monoisotopic (exact) mass is 308 g/mol. The molecule has 0 saturated carbocycles. The predicted molar refractivity (Wildman–Crippen MR) is 89.3 cm³/mol. The molecule has 4 nitrogen and oxygen atoms in total. The summed E-state index contributed by atoms with van der Waals surface area (Å²) in [5.74, 6) is -0.372. The van der Waals surface area contributed by atoms with Gasteiger partial charge in [0.25, 0.3) is 0 Å².